The molecule has 1 aromatic heterocycles. The third kappa shape index (κ3) is 1.92. The van der Waals surface area contributed by atoms with Gasteiger partial charge in [0.2, 0.25) is 11.2 Å². The lowest BCUT2D eigenvalue weighted by atomic mass is 10.1. The zero-order chi connectivity index (χ0) is 15.9. The third-order valence-electron chi connectivity index (χ3n) is 3.48. The molecular weight excluding hydrogens is 288 g/mol. The molecular formula is C16H14O6. The van der Waals surface area contributed by atoms with E-state index in [4.69, 9.17) is 18.6 Å². The van der Waals surface area contributed by atoms with Gasteiger partial charge in [-0.25, -0.2) is 0 Å². The summed E-state index contributed by atoms with van der Waals surface area (Å²) in [7, 11) is 4.38. The van der Waals surface area contributed by atoms with Crippen LogP contribution in [0.25, 0.3) is 21.9 Å². The first-order chi connectivity index (χ1) is 10.6. The molecule has 0 bridgehead atoms. The van der Waals surface area contributed by atoms with E-state index in [1.54, 1.807) is 18.2 Å². The van der Waals surface area contributed by atoms with Crippen molar-refractivity contribution in [3.63, 3.8) is 0 Å². The van der Waals surface area contributed by atoms with Crippen LogP contribution in [0.4, 0.5) is 0 Å². The predicted molar refractivity (Wildman–Crippen MR) is 81.3 cm³/mol. The number of rotatable bonds is 3. The number of phenolic OH excluding ortho intramolecular Hbond substituents is 1. The number of phenols is 1. The van der Waals surface area contributed by atoms with Crippen molar-refractivity contribution in [3.05, 3.63) is 34.5 Å². The van der Waals surface area contributed by atoms with Crippen LogP contribution in [0, 0.1) is 0 Å². The Morgan fingerprint density at radius 2 is 1.82 bits per heavy atom. The molecule has 3 rings (SSSR count). The van der Waals surface area contributed by atoms with Crippen molar-refractivity contribution < 1.29 is 23.7 Å². The Morgan fingerprint density at radius 1 is 1.05 bits per heavy atom. The molecule has 2 aromatic carbocycles. The summed E-state index contributed by atoms with van der Waals surface area (Å²) in [4.78, 5) is 12.7. The fraction of sp³-hybridized carbons (Fsp3) is 0.188. The van der Waals surface area contributed by atoms with Gasteiger partial charge in [-0.2, -0.15) is 0 Å². The molecule has 1 N–H and O–H groups in total. The molecule has 6 nitrogen and oxygen atoms in total. The summed E-state index contributed by atoms with van der Waals surface area (Å²) in [5, 5.41) is 10.5. The van der Waals surface area contributed by atoms with E-state index < -0.39 is 0 Å². The van der Waals surface area contributed by atoms with E-state index >= 15 is 0 Å². The van der Waals surface area contributed by atoms with Crippen molar-refractivity contribution in [1.82, 2.24) is 0 Å². The molecule has 1 heterocycles. The Labute approximate surface area is 125 Å². The fourth-order valence-electron chi connectivity index (χ4n) is 2.41. The molecule has 0 fully saturated rings. The van der Waals surface area contributed by atoms with Crippen molar-refractivity contribution in [1.29, 1.82) is 0 Å². The average Bonchev–Trinajstić information content (AvgIpc) is 2.54. The molecule has 0 saturated carbocycles. The number of methoxy groups -OCH3 is 3. The fourth-order valence-corrected chi connectivity index (χ4v) is 2.41. The molecule has 0 unspecified atom stereocenters. The van der Waals surface area contributed by atoms with Gasteiger partial charge in [-0.1, -0.05) is 0 Å². The monoisotopic (exact) mass is 302 g/mol. The highest BCUT2D eigenvalue weighted by Crippen LogP contribution is 2.40. The first kappa shape index (κ1) is 14.1. The number of benzene rings is 2. The normalized spacial score (nSPS) is 10.9. The van der Waals surface area contributed by atoms with Crippen LogP contribution in [-0.4, -0.2) is 26.4 Å². The van der Waals surface area contributed by atoms with E-state index in [9.17, 15) is 9.90 Å². The lowest BCUT2D eigenvalue weighted by Gasteiger charge is -2.12. The molecule has 0 aliphatic heterocycles. The first-order valence-corrected chi connectivity index (χ1v) is 6.49. The van der Waals surface area contributed by atoms with E-state index in [0.717, 1.165) is 0 Å². The van der Waals surface area contributed by atoms with Gasteiger partial charge >= 0.3 is 0 Å². The van der Waals surface area contributed by atoms with Crippen LogP contribution in [0.3, 0.4) is 0 Å². The van der Waals surface area contributed by atoms with Crippen LogP contribution in [-0.2, 0) is 0 Å². The highest BCUT2D eigenvalue weighted by atomic mass is 16.5. The van der Waals surface area contributed by atoms with E-state index in [1.165, 1.54) is 27.4 Å². The van der Waals surface area contributed by atoms with Crippen molar-refractivity contribution >= 4 is 21.9 Å². The van der Waals surface area contributed by atoms with Crippen LogP contribution < -0.4 is 19.6 Å². The number of ether oxygens (including phenoxy) is 3. The summed E-state index contributed by atoms with van der Waals surface area (Å²) in [6, 6.07) is 6.20. The van der Waals surface area contributed by atoms with Crippen LogP contribution in [0.2, 0.25) is 0 Å². The van der Waals surface area contributed by atoms with Gasteiger partial charge in [0.25, 0.3) is 0 Å². The molecule has 0 radical (unpaired) electrons. The molecule has 0 aliphatic rings. The summed E-state index contributed by atoms with van der Waals surface area (Å²) >= 11 is 0. The maximum atomic E-state index is 12.7. The summed E-state index contributed by atoms with van der Waals surface area (Å²) in [6.07, 6.45) is 0. The van der Waals surface area contributed by atoms with Gasteiger partial charge in [-0.15, -0.1) is 0 Å². The standard InChI is InChI=1S/C16H14O6/c1-19-8-4-5-11-9(6-8)14(18)13-10(17)7-12(20-2)15(21-3)16(13)22-11/h4-7,17H,1-3H3. The van der Waals surface area contributed by atoms with Crippen molar-refractivity contribution in [2.24, 2.45) is 0 Å². The average molecular weight is 302 g/mol. The molecule has 0 atom stereocenters. The van der Waals surface area contributed by atoms with Crippen molar-refractivity contribution in [3.8, 4) is 23.0 Å². The molecule has 114 valence electrons. The number of hydrogen-bond donors (Lipinski definition) is 1. The quantitative estimate of drug-likeness (QED) is 0.749. The second kappa shape index (κ2) is 5.14. The van der Waals surface area contributed by atoms with Crippen LogP contribution in [0.15, 0.2) is 33.5 Å². The lowest BCUT2D eigenvalue weighted by Crippen LogP contribution is -2.04. The summed E-state index contributed by atoms with van der Waals surface area (Å²) in [6.45, 7) is 0. The van der Waals surface area contributed by atoms with Gasteiger partial charge < -0.3 is 23.7 Å². The third-order valence-corrected chi connectivity index (χ3v) is 3.48. The van der Waals surface area contributed by atoms with Crippen molar-refractivity contribution in [2.45, 2.75) is 0 Å². The van der Waals surface area contributed by atoms with Gasteiger partial charge in [0.05, 0.1) is 26.7 Å². The number of aromatic hydroxyl groups is 1. The van der Waals surface area contributed by atoms with Gasteiger partial charge in [-0.3, -0.25) is 4.79 Å². The molecule has 6 heteroatoms. The smallest absolute Gasteiger partial charge is 0.205 e. The highest BCUT2D eigenvalue weighted by molar-refractivity contribution is 5.97. The van der Waals surface area contributed by atoms with E-state index in [2.05, 4.69) is 0 Å². The van der Waals surface area contributed by atoms with Crippen LogP contribution >= 0.6 is 0 Å². The zero-order valence-corrected chi connectivity index (χ0v) is 12.3. The number of hydrogen-bond acceptors (Lipinski definition) is 6. The largest absolute Gasteiger partial charge is 0.507 e. The van der Waals surface area contributed by atoms with E-state index in [0.29, 0.717) is 16.7 Å². The second-order valence-corrected chi connectivity index (χ2v) is 4.63. The molecule has 0 saturated heterocycles. The minimum Gasteiger partial charge on any atom is -0.507 e. The van der Waals surface area contributed by atoms with Gasteiger partial charge in [0.1, 0.15) is 22.5 Å². The molecule has 3 aromatic rings. The molecule has 0 aliphatic carbocycles. The predicted octanol–water partition coefficient (Wildman–Crippen LogP) is 2.68. The van der Waals surface area contributed by atoms with Gasteiger partial charge in [0, 0.05) is 6.07 Å². The Bertz CT molecular complexity index is 925. The van der Waals surface area contributed by atoms with E-state index in [1.807, 2.05) is 0 Å². The Kier molecular flexibility index (Phi) is 3.29. The zero-order valence-electron chi connectivity index (χ0n) is 12.3. The molecule has 0 amide bonds. The minimum absolute atomic E-state index is 0.0402. The van der Waals surface area contributed by atoms with Crippen LogP contribution in [0.1, 0.15) is 0 Å². The highest BCUT2D eigenvalue weighted by Gasteiger charge is 2.20. The maximum Gasteiger partial charge on any atom is 0.205 e. The van der Waals surface area contributed by atoms with Crippen LogP contribution in [0.5, 0.6) is 23.0 Å². The van der Waals surface area contributed by atoms with E-state index in [-0.39, 0.29) is 33.6 Å². The maximum absolute atomic E-state index is 12.7. The number of fused-ring (bicyclic) bond motifs is 2. The summed E-state index contributed by atoms with van der Waals surface area (Å²) in [5.41, 5.74) is 0.139. The Hall–Kier alpha value is -2.89. The molecule has 22 heavy (non-hydrogen) atoms. The van der Waals surface area contributed by atoms with Crippen molar-refractivity contribution in [2.75, 3.05) is 21.3 Å². The SMILES string of the molecule is COc1ccc2oc3c(OC)c(OC)cc(O)c3c(=O)c2c1. The summed E-state index contributed by atoms with van der Waals surface area (Å²) < 4.78 is 21.3. The minimum atomic E-state index is -0.367. The van der Waals surface area contributed by atoms with Gasteiger partial charge in [-0.05, 0) is 18.2 Å². The molecule has 0 spiro atoms. The Balaban J connectivity index is 2.53. The van der Waals surface area contributed by atoms with Gasteiger partial charge in [0.15, 0.2) is 11.3 Å². The Morgan fingerprint density at radius 3 is 2.45 bits per heavy atom. The topological polar surface area (TPSA) is 78.1 Å². The summed E-state index contributed by atoms with van der Waals surface area (Å²) in [5.74, 6) is 0.832. The first-order valence-electron chi connectivity index (χ1n) is 6.49. The lowest BCUT2D eigenvalue weighted by molar-refractivity contribution is 0.351. The second-order valence-electron chi connectivity index (χ2n) is 4.63.